The van der Waals surface area contributed by atoms with Gasteiger partial charge in [0.05, 0.1) is 12.2 Å². The van der Waals surface area contributed by atoms with Crippen LogP contribution in [0.4, 0.5) is 0 Å². The quantitative estimate of drug-likeness (QED) is 0.719. The summed E-state index contributed by atoms with van der Waals surface area (Å²) in [6, 6.07) is 0. The maximum atomic E-state index is 11.1. The number of rotatable bonds is 3. The molecule has 0 spiro atoms. The van der Waals surface area contributed by atoms with Gasteiger partial charge in [-0.3, -0.25) is 4.79 Å². The molecule has 1 aliphatic rings. The summed E-state index contributed by atoms with van der Waals surface area (Å²) in [6.45, 7) is 0.478. The number of nitrogens with one attached hydrogen (secondary N) is 1. The van der Waals surface area contributed by atoms with E-state index in [0.717, 1.165) is 18.5 Å². The van der Waals surface area contributed by atoms with Gasteiger partial charge in [-0.1, -0.05) is 0 Å². The van der Waals surface area contributed by atoms with Crippen LogP contribution in [0.1, 0.15) is 18.5 Å². The molecule has 12 heavy (non-hydrogen) atoms. The van der Waals surface area contributed by atoms with E-state index in [9.17, 15) is 4.79 Å². The fourth-order valence-corrected chi connectivity index (χ4v) is 0.992. The second kappa shape index (κ2) is 2.97. The fraction of sp³-hybridized carbons (Fsp3) is 0.500. The topological polar surface area (TPSA) is 55.1 Å². The molecule has 1 amide bonds. The van der Waals surface area contributed by atoms with Crippen molar-refractivity contribution in [2.24, 2.45) is 5.92 Å². The van der Waals surface area contributed by atoms with Crippen LogP contribution in [0.25, 0.3) is 0 Å². The zero-order valence-electron chi connectivity index (χ0n) is 6.62. The number of oxazole rings is 1. The molecular formula is C8H10N2O2. The molecule has 0 unspecified atom stereocenters. The molecule has 0 radical (unpaired) electrons. The minimum atomic E-state index is 0.137. The molecule has 64 valence electrons. The summed E-state index contributed by atoms with van der Waals surface area (Å²) in [4.78, 5) is 15.0. The van der Waals surface area contributed by atoms with E-state index in [0.29, 0.717) is 6.54 Å². The van der Waals surface area contributed by atoms with Gasteiger partial charge < -0.3 is 9.73 Å². The smallest absolute Gasteiger partial charge is 0.223 e. The Hall–Kier alpha value is -1.32. The average Bonchev–Trinajstić information content (AvgIpc) is 2.80. The molecule has 4 nitrogen and oxygen atoms in total. The molecule has 1 aromatic rings. The summed E-state index contributed by atoms with van der Waals surface area (Å²) >= 11 is 0. The van der Waals surface area contributed by atoms with Gasteiger partial charge in [0.2, 0.25) is 5.91 Å². The largest absolute Gasteiger partial charge is 0.451 e. The Bertz CT molecular complexity index is 265. The predicted molar refractivity (Wildman–Crippen MR) is 41.1 cm³/mol. The molecular weight excluding hydrogens is 156 g/mol. The van der Waals surface area contributed by atoms with Crippen LogP contribution in [0.5, 0.6) is 0 Å². The van der Waals surface area contributed by atoms with Crippen molar-refractivity contribution in [1.29, 1.82) is 0 Å². The monoisotopic (exact) mass is 166 g/mol. The third-order valence-electron chi connectivity index (χ3n) is 1.88. The standard InChI is InChI=1S/C8H10N2O2/c11-8(6-1-2-6)9-3-7-4-12-5-10-7/h4-6H,1-3H2,(H,9,11). The van der Waals surface area contributed by atoms with Gasteiger partial charge in [-0.2, -0.15) is 0 Å². The third kappa shape index (κ3) is 1.64. The fourth-order valence-electron chi connectivity index (χ4n) is 0.992. The summed E-state index contributed by atoms with van der Waals surface area (Å²) in [5.41, 5.74) is 0.768. The van der Waals surface area contributed by atoms with E-state index in [1.807, 2.05) is 0 Å². The first-order chi connectivity index (χ1) is 5.86. The number of hydrogen-bond donors (Lipinski definition) is 1. The Kier molecular flexibility index (Phi) is 1.81. The normalized spacial score (nSPS) is 16.0. The van der Waals surface area contributed by atoms with Crippen LogP contribution in [-0.4, -0.2) is 10.9 Å². The molecule has 1 N–H and O–H groups in total. The van der Waals surface area contributed by atoms with Crippen molar-refractivity contribution in [2.75, 3.05) is 0 Å². The van der Waals surface area contributed by atoms with Crippen molar-refractivity contribution in [3.8, 4) is 0 Å². The molecule has 1 heterocycles. The van der Waals surface area contributed by atoms with Crippen molar-refractivity contribution in [3.05, 3.63) is 18.4 Å². The Balaban J connectivity index is 1.78. The van der Waals surface area contributed by atoms with Crippen LogP contribution >= 0.6 is 0 Å². The first kappa shape index (κ1) is 7.34. The highest BCUT2D eigenvalue weighted by Crippen LogP contribution is 2.28. The first-order valence-electron chi connectivity index (χ1n) is 4.01. The molecule has 2 rings (SSSR count). The van der Waals surface area contributed by atoms with E-state index in [1.54, 1.807) is 0 Å². The highest BCUT2D eigenvalue weighted by Gasteiger charge is 2.29. The second-order valence-corrected chi connectivity index (χ2v) is 2.97. The predicted octanol–water partition coefficient (Wildman–Crippen LogP) is 0.701. The number of amides is 1. The van der Waals surface area contributed by atoms with Gasteiger partial charge in [-0.25, -0.2) is 4.98 Å². The summed E-state index contributed by atoms with van der Waals surface area (Å²) in [7, 11) is 0. The lowest BCUT2D eigenvalue weighted by Crippen LogP contribution is -2.24. The lowest BCUT2D eigenvalue weighted by molar-refractivity contribution is -0.122. The van der Waals surface area contributed by atoms with Crippen LogP contribution in [0.3, 0.4) is 0 Å². The number of aromatic nitrogens is 1. The maximum Gasteiger partial charge on any atom is 0.223 e. The molecule has 1 saturated carbocycles. The minimum absolute atomic E-state index is 0.137. The van der Waals surface area contributed by atoms with E-state index in [2.05, 4.69) is 10.3 Å². The molecule has 0 aromatic carbocycles. The minimum Gasteiger partial charge on any atom is -0.451 e. The number of carbonyl (C=O) groups is 1. The molecule has 4 heteroatoms. The van der Waals surface area contributed by atoms with Gasteiger partial charge in [0, 0.05) is 5.92 Å². The lowest BCUT2D eigenvalue weighted by Gasteiger charge is -1.99. The van der Waals surface area contributed by atoms with Crippen molar-refractivity contribution in [2.45, 2.75) is 19.4 Å². The Morgan fingerprint density at radius 2 is 2.58 bits per heavy atom. The van der Waals surface area contributed by atoms with Crippen LogP contribution in [0.15, 0.2) is 17.1 Å². The van der Waals surface area contributed by atoms with E-state index >= 15 is 0 Å². The average molecular weight is 166 g/mol. The molecule has 0 atom stereocenters. The molecule has 1 aromatic heterocycles. The van der Waals surface area contributed by atoms with Crippen LogP contribution in [-0.2, 0) is 11.3 Å². The van der Waals surface area contributed by atoms with Crippen molar-refractivity contribution in [3.63, 3.8) is 0 Å². The lowest BCUT2D eigenvalue weighted by atomic mass is 10.4. The van der Waals surface area contributed by atoms with E-state index in [-0.39, 0.29) is 11.8 Å². The van der Waals surface area contributed by atoms with Crippen LogP contribution < -0.4 is 5.32 Å². The Morgan fingerprint density at radius 1 is 1.75 bits per heavy atom. The number of carbonyl (C=O) groups excluding carboxylic acids is 1. The molecule has 1 aliphatic carbocycles. The summed E-state index contributed by atoms with van der Waals surface area (Å²) in [5, 5.41) is 2.79. The van der Waals surface area contributed by atoms with Crippen molar-refractivity contribution >= 4 is 5.91 Å². The van der Waals surface area contributed by atoms with Gasteiger partial charge in [-0.15, -0.1) is 0 Å². The number of hydrogen-bond acceptors (Lipinski definition) is 3. The van der Waals surface area contributed by atoms with Gasteiger partial charge in [0.1, 0.15) is 6.26 Å². The Labute approximate surface area is 70.0 Å². The summed E-state index contributed by atoms with van der Waals surface area (Å²) in [5.74, 6) is 0.398. The van der Waals surface area contributed by atoms with E-state index in [4.69, 9.17) is 4.42 Å². The second-order valence-electron chi connectivity index (χ2n) is 2.97. The van der Waals surface area contributed by atoms with Gasteiger partial charge in [-0.05, 0) is 12.8 Å². The van der Waals surface area contributed by atoms with Gasteiger partial charge in [0.25, 0.3) is 0 Å². The SMILES string of the molecule is O=C(NCc1cocn1)C1CC1. The highest BCUT2D eigenvalue weighted by molar-refractivity contribution is 5.80. The Morgan fingerprint density at radius 3 is 3.17 bits per heavy atom. The molecule has 0 bridgehead atoms. The van der Waals surface area contributed by atoms with E-state index < -0.39 is 0 Å². The molecule has 0 saturated heterocycles. The van der Waals surface area contributed by atoms with Crippen molar-refractivity contribution < 1.29 is 9.21 Å². The molecule has 0 aliphatic heterocycles. The summed E-state index contributed by atoms with van der Waals surface area (Å²) in [6.07, 6.45) is 4.96. The van der Waals surface area contributed by atoms with Crippen LogP contribution in [0, 0.1) is 5.92 Å². The number of nitrogens with zero attached hydrogens (tertiary/aromatic N) is 1. The van der Waals surface area contributed by atoms with E-state index in [1.165, 1.54) is 12.7 Å². The zero-order valence-corrected chi connectivity index (χ0v) is 6.62. The van der Waals surface area contributed by atoms with Crippen LogP contribution in [0.2, 0.25) is 0 Å². The highest BCUT2D eigenvalue weighted by atomic mass is 16.3. The van der Waals surface area contributed by atoms with Crippen molar-refractivity contribution in [1.82, 2.24) is 10.3 Å². The maximum absolute atomic E-state index is 11.1. The summed E-state index contributed by atoms with van der Waals surface area (Å²) < 4.78 is 4.76. The van der Waals surface area contributed by atoms with Gasteiger partial charge >= 0.3 is 0 Å². The third-order valence-corrected chi connectivity index (χ3v) is 1.88. The zero-order chi connectivity index (χ0) is 8.39. The first-order valence-corrected chi connectivity index (χ1v) is 4.01. The van der Waals surface area contributed by atoms with Gasteiger partial charge in [0.15, 0.2) is 6.39 Å². The molecule has 1 fully saturated rings.